The maximum atomic E-state index is 5.52. The van der Waals surface area contributed by atoms with Gasteiger partial charge in [-0.1, -0.05) is 0 Å². The molecule has 0 aromatic carbocycles. The third-order valence-corrected chi connectivity index (χ3v) is 2.84. The number of nitrogens with one attached hydrogen (secondary N) is 1. The smallest absolute Gasteiger partial charge is 0.134 e. The summed E-state index contributed by atoms with van der Waals surface area (Å²) < 4.78 is 0. The number of nitrogens with two attached hydrogens (primary N) is 1. The number of aromatic nitrogens is 2. The largest absolute Gasteiger partial charge is 0.367 e. The van der Waals surface area contributed by atoms with Crippen molar-refractivity contribution in [1.82, 2.24) is 9.97 Å². The van der Waals surface area contributed by atoms with Crippen molar-refractivity contribution in [2.45, 2.75) is 32.2 Å². The molecule has 1 aliphatic rings. The monoisotopic (exact) mass is 235 g/mol. The van der Waals surface area contributed by atoms with Gasteiger partial charge in [0.25, 0.3) is 0 Å². The summed E-state index contributed by atoms with van der Waals surface area (Å²) in [6.45, 7) is 3.57. The van der Waals surface area contributed by atoms with Crippen LogP contribution >= 0.6 is 0 Å². The van der Waals surface area contributed by atoms with E-state index in [1.54, 1.807) is 0 Å². The molecule has 0 saturated heterocycles. The summed E-state index contributed by atoms with van der Waals surface area (Å²) in [5, 5.41) is 3.41. The van der Waals surface area contributed by atoms with Crippen LogP contribution in [0.1, 0.15) is 25.1 Å². The van der Waals surface area contributed by atoms with Crippen LogP contribution in [0.15, 0.2) is 6.07 Å². The molecule has 0 bridgehead atoms. The van der Waals surface area contributed by atoms with Gasteiger partial charge >= 0.3 is 0 Å². The highest BCUT2D eigenvalue weighted by Gasteiger charge is 2.21. The summed E-state index contributed by atoms with van der Waals surface area (Å²) in [4.78, 5) is 11.0. The van der Waals surface area contributed by atoms with Crippen molar-refractivity contribution in [2.75, 3.05) is 30.4 Å². The van der Waals surface area contributed by atoms with Crippen LogP contribution in [0.2, 0.25) is 0 Å². The maximum absolute atomic E-state index is 5.52. The van der Waals surface area contributed by atoms with Crippen LogP contribution in [0, 0.1) is 6.92 Å². The average molecular weight is 235 g/mol. The molecule has 1 aliphatic carbocycles. The summed E-state index contributed by atoms with van der Waals surface area (Å²) in [5.74, 6) is 2.72. The number of rotatable bonds is 6. The Morgan fingerprint density at radius 3 is 2.88 bits per heavy atom. The van der Waals surface area contributed by atoms with E-state index in [1.807, 2.05) is 20.0 Å². The van der Waals surface area contributed by atoms with Crippen LogP contribution in [0.3, 0.4) is 0 Å². The second-order valence-corrected chi connectivity index (χ2v) is 4.64. The summed E-state index contributed by atoms with van der Waals surface area (Å²) in [6.07, 6.45) is 3.48. The Kier molecular flexibility index (Phi) is 3.78. The lowest BCUT2D eigenvalue weighted by atomic mass is 10.3. The van der Waals surface area contributed by atoms with E-state index in [4.69, 9.17) is 5.73 Å². The molecule has 0 unspecified atom stereocenters. The normalized spacial score (nSPS) is 14.8. The Labute approximate surface area is 102 Å². The zero-order valence-corrected chi connectivity index (χ0v) is 10.6. The first-order valence-electron chi connectivity index (χ1n) is 6.22. The van der Waals surface area contributed by atoms with E-state index in [-0.39, 0.29) is 0 Å². The maximum Gasteiger partial charge on any atom is 0.134 e. The van der Waals surface area contributed by atoms with Gasteiger partial charge in [-0.25, -0.2) is 9.97 Å². The van der Waals surface area contributed by atoms with E-state index in [1.165, 1.54) is 12.8 Å². The van der Waals surface area contributed by atoms with E-state index in [0.717, 1.165) is 30.4 Å². The first kappa shape index (κ1) is 12.1. The Morgan fingerprint density at radius 1 is 1.47 bits per heavy atom. The first-order valence-corrected chi connectivity index (χ1v) is 6.22. The minimum Gasteiger partial charge on any atom is -0.367 e. The molecule has 1 aromatic rings. The standard InChI is InChI=1S/C12H21N5/c1-9-14-11(16-10-4-5-10)8-12(15-9)17(2)7-3-6-13/h8,10H,3-7,13H2,1-2H3,(H,14,15,16). The van der Waals surface area contributed by atoms with Gasteiger partial charge in [-0.15, -0.1) is 0 Å². The molecule has 3 N–H and O–H groups in total. The topological polar surface area (TPSA) is 67.1 Å². The molecule has 1 aromatic heterocycles. The van der Waals surface area contributed by atoms with Gasteiger partial charge in [0.1, 0.15) is 17.5 Å². The molecule has 94 valence electrons. The van der Waals surface area contributed by atoms with Crippen LogP contribution < -0.4 is 16.0 Å². The highest BCUT2D eigenvalue weighted by molar-refractivity contribution is 5.49. The highest BCUT2D eigenvalue weighted by Crippen LogP contribution is 2.25. The zero-order chi connectivity index (χ0) is 12.3. The quantitative estimate of drug-likeness (QED) is 0.774. The highest BCUT2D eigenvalue weighted by atomic mass is 15.2. The molecule has 0 radical (unpaired) electrons. The van der Waals surface area contributed by atoms with E-state index >= 15 is 0 Å². The number of anilines is 2. The molecule has 1 heterocycles. The minimum absolute atomic E-state index is 0.617. The van der Waals surface area contributed by atoms with Crippen molar-refractivity contribution in [3.05, 3.63) is 11.9 Å². The molecule has 0 aliphatic heterocycles. The third kappa shape index (κ3) is 3.56. The van der Waals surface area contributed by atoms with Crippen molar-refractivity contribution in [1.29, 1.82) is 0 Å². The number of hydrogen-bond donors (Lipinski definition) is 2. The summed E-state index contributed by atoms with van der Waals surface area (Å²) in [7, 11) is 2.04. The first-order chi connectivity index (χ1) is 8.19. The van der Waals surface area contributed by atoms with E-state index in [0.29, 0.717) is 12.6 Å². The molecule has 0 atom stereocenters. The lowest BCUT2D eigenvalue weighted by Crippen LogP contribution is -2.22. The molecule has 5 nitrogen and oxygen atoms in total. The molecule has 0 spiro atoms. The van der Waals surface area contributed by atoms with Crippen molar-refractivity contribution >= 4 is 11.6 Å². The fourth-order valence-electron chi connectivity index (χ4n) is 1.70. The minimum atomic E-state index is 0.617. The summed E-state index contributed by atoms with van der Waals surface area (Å²) in [6, 6.07) is 2.63. The van der Waals surface area contributed by atoms with Gasteiger partial charge in [0.2, 0.25) is 0 Å². The Bertz CT molecular complexity index is 375. The third-order valence-electron chi connectivity index (χ3n) is 2.84. The lowest BCUT2D eigenvalue weighted by Gasteiger charge is -2.19. The predicted molar refractivity (Wildman–Crippen MR) is 70.4 cm³/mol. The molecule has 1 fully saturated rings. The van der Waals surface area contributed by atoms with Crippen molar-refractivity contribution in [3.63, 3.8) is 0 Å². The number of aryl methyl sites for hydroxylation is 1. The summed E-state index contributed by atoms with van der Waals surface area (Å²) in [5.41, 5.74) is 5.52. The number of nitrogens with zero attached hydrogens (tertiary/aromatic N) is 3. The van der Waals surface area contributed by atoms with E-state index in [9.17, 15) is 0 Å². The predicted octanol–water partition coefficient (Wildman–Crippen LogP) is 1.14. The van der Waals surface area contributed by atoms with Gasteiger partial charge < -0.3 is 16.0 Å². The van der Waals surface area contributed by atoms with Gasteiger partial charge in [-0.2, -0.15) is 0 Å². The molecule has 1 saturated carbocycles. The second-order valence-electron chi connectivity index (χ2n) is 4.64. The Hall–Kier alpha value is -1.36. The molecular weight excluding hydrogens is 214 g/mol. The zero-order valence-electron chi connectivity index (χ0n) is 10.6. The van der Waals surface area contributed by atoms with Crippen LogP contribution in [0.5, 0.6) is 0 Å². The molecule has 0 amide bonds. The fraction of sp³-hybridized carbons (Fsp3) is 0.667. The van der Waals surface area contributed by atoms with E-state index in [2.05, 4.69) is 20.2 Å². The van der Waals surface area contributed by atoms with Gasteiger partial charge in [0.15, 0.2) is 0 Å². The number of hydrogen-bond acceptors (Lipinski definition) is 5. The van der Waals surface area contributed by atoms with Crippen LogP contribution in [-0.2, 0) is 0 Å². The Morgan fingerprint density at radius 2 is 2.24 bits per heavy atom. The fourth-order valence-corrected chi connectivity index (χ4v) is 1.70. The Balaban J connectivity index is 2.06. The van der Waals surface area contributed by atoms with Crippen LogP contribution in [-0.4, -0.2) is 36.1 Å². The van der Waals surface area contributed by atoms with Crippen LogP contribution in [0.4, 0.5) is 11.6 Å². The second kappa shape index (κ2) is 5.31. The van der Waals surface area contributed by atoms with Crippen molar-refractivity contribution < 1.29 is 0 Å². The summed E-state index contributed by atoms with van der Waals surface area (Å²) >= 11 is 0. The van der Waals surface area contributed by atoms with E-state index < -0.39 is 0 Å². The molecule has 17 heavy (non-hydrogen) atoms. The molecular formula is C12H21N5. The lowest BCUT2D eigenvalue weighted by molar-refractivity contribution is 0.782. The SMILES string of the molecule is Cc1nc(NC2CC2)cc(N(C)CCCN)n1. The van der Waals surface area contributed by atoms with Gasteiger partial charge in [-0.05, 0) is 32.7 Å². The van der Waals surface area contributed by atoms with Crippen LogP contribution in [0.25, 0.3) is 0 Å². The van der Waals surface area contributed by atoms with Crippen molar-refractivity contribution in [2.24, 2.45) is 5.73 Å². The molecule has 2 rings (SSSR count). The van der Waals surface area contributed by atoms with Gasteiger partial charge in [0, 0.05) is 25.7 Å². The van der Waals surface area contributed by atoms with Crippen molar-refractivity contribution in [3.8, 4) is 0 Å². The van der Waals surface area contributed by atoms with Gasteiger partial charge in [-0.3, -0.25) is 0 Å². The molecule has 5 heteroatoms. The average Bonchev–Trinajstić information content (AvgIpc) is 3.09. The van der Waals surface area contributed by atoms with Gasteiger partial charge in [0.05, 0.1) is 0 Å².